The molecule has 1 unspecified atom stereocenters. The predicted molar refractivity (Wildman–Crippen MR) is 105 cm³/mol. The van der Waals surface area contributed by atoms with E-state index in [1.54, 1.807) is 17.0 Å². The molecule has 2 aromatic rings. The summed E-state index contributed by atoms with van der Waals surface area (Å²) in [4.78, 5) is 38.9. The zero-order valence-electron chi connectivity index (χ0n) is 15.6. The number of Topliss-reactive ketones (excluding diaryl/α,β-unsaturated/α-hetero) is 1. The lowest BCUT2D eigenvalue weighted by Gasteiger charge is -2.38. The third-order valence-corrected chi connectivity index (χ3v) is 5.47. The number of aromatic carboxylic acids is 1. The van der Waals surface area contributed by atoms with Crippen molar-refractivity contribution in [3.63, 3.8) is 0 Å². The monoisotopic (exact) mass is 375 g/mol. The van der Waals surface area contributed by atoms with Gasteiger partial charge in [0.1, 0.15) is 0 Å². The summed E-state index contributed by atoms with van der Waals surface area (Å²) >= 11 is 0. The summed E-state index contributed by atoms with van der Waals surface area (Å²) in [6.45, 7) is 2.00. The number of ketones is 1. The molecule has 1 amide bonds. The Hall–Kier alpha value is -3.21. The molecule has 0 radical (unpaired) electrons. The maximum Gasteiger partial charge on any atom is 0.335 e. The van der Waals surface area contributed by atoms with E-state index < -0.39 is 5.97 Å². The Labute approximate surface area is 163 Å². The first-order chi connectivity index (χ1) is 13.5. The fourth-order valence-electron chi connectivity index (χ4n) is 4.24. The number of carboxylic acid groups (broad SMARTS) is 1. The van der Waals surface area contributed by atoms with Gasteiger partial charge in [-0.3, -0.25) is 14.5 Å². The van der Waals surface area contributed by atoms with Crippen molar-refractivity contribution in [2.45, 2.75) is 38.5 Å². The highest BCUT2D eigenvalue weighted by molar-refractivity contribution is 6.07. The molecule has 0 bridgehead atoms. The van der Waals surface area contributed by atoms with Gasteiger partial charge in [0, 0.05) is 35.7 Å². The van der Waals surface area contributed by atoms with Gasteiger partial charge in [0.2, 0.25) is 5.91 Å². The third kappa shape index (κ3) is 3.13. The number of amides is 1. The molecule has 0 spiro atoms. The van der Waals surface area contributed by atoms with E-state index in [-0.39, 0.29) is 29.6 Å². The smallest absolute Gasteiger partial charge is 0.335 e. The highest BCUT2D eigenvalue weighted by atomic mass is 16.4. The van der Waals surface area contributed by atoms with Crippen molar-refractivity contribution in [3.8, 4) is 0 Å². The van der Waals surface area contributed by atoms with E-state index >= 15 is 0 Å². The molecule has 2 aliphatic rings. The number of hydrogen-bond acceptors (Lipinski definition) is 3. The predicted octanol–water partition coefficient (Wildman–Crippen LogP) is 4.22. The van der Waals surface area contributed by atoms with Crippen LogP contribution in [-0.2, 0) is 9.59 Å². The Morgan fingerprint density at radius 3 is 2.61 bits per heavy atom. The number of aryl methyl sites for hydroxylation is 1. The van der Waals surface area contributed by atoms with Crippen LogP contribution in [0.4, 0.5) is 5.69 Å². The van der Waals surface area contributed by atoms with Crippen LogP contribution in [0, 0.1) is 6.92 Å². The van der Waals surface area contributed by atoms with Crippen LogP contribution in [0.2, 0.25) is 0 Å². The van der Waals surface area contributed by atoms with Crippen LogP contribution in [0.1, 0.15) is 53.1 Å². The summed E-state index contributed by atoms with van der Waals surface area (Å²) in [6, 6.07) is 14.3. The van der Waals surface area contributed by atoms with Gasteiger partial charge in [-0.05, 0) is 43.5 Å². The van der Waals surface area contributed by atoms with E-state index in [4.69, 9.17) is 0 Å². The number of benzene rings is 2. The fourth-order valence-corrected chi connectivity index (χ4v) is 4.24. The second kappa shape index (κ2) is 7.08. The highest BCUT2D eigenvalue weighted by Crippen LogP contribution is 2.43. The molecule has 4 rings (SSSR count). The molecule has 28 heavy (non-hydrogen) atoms. The molecule has 0 saturated carbocycles. The lowest BCUT2D eigenvalue weighted by Crippen LogP contribution is -2.40. The van der Waals surface area contributed by atoms with Gasteiger partial charge in [0.25, 0.3) is 0 Å². The Kier molecular flexibility index (Phi) is 4.59. The van der Waals surface area contributed by atoms with E-state index in [9.17, 15) is 19.5 Å². The number of carbonyl (C=O) groups excluding carboxylic acids is 2. The fraction of sp³-hybridized carbons (Fsp3) is 0.261. The van der Waals surface area contributed by atoms with Gasteiger partial charge in [-0.1, -0.05) is 35.9 Å². The Morgan fingerprint density at radius 1 is 1.07 bits per heavy atom. The van der Waals surface area contributed by atoms with Crippen LogP contribution in [0.5, 0.6) is 0 Å². The van der Waals surface area contributed by atoms with Crippen LogP contribution >= 0.6 is 0 Å². The second-order valence-electron chi connectivity index (χ2n) is 7.39. The topological polar surface area (TPSA) is 74.7 Å². The molecule has 142 valence electrons. The van der Waals surface area contributed by atoms with Crippen molar-refractivity contribution in [2.75, 3.05) is 4.90 Å². The van der Waals surface area contributed by atoms with Crippen molar-refractivity contribution in [1.82, 2.24) is 0 Å². The van der Waals surface area contributed by atoms with Gasteiger partial charge < -0.3 is 5.11 Å². The SMILES string of the molecule is Cc1cccc(C2CC(=O)N(c3cccc(C(=O)O)c3)C3=C2C(=O)CCC3)c1. The number of anilines is 1. The zero-order valence-corrected chi connectivity index (χ0v) is 15.6. The molecule has 1 aliphatic heterocycles. The molecule has 1 atom stereocenters. The molecule has 5 nitrogen and oxygen atoms in total. The third-order valence-electron chi connectivity index (χ3n) is 5.47. The number of hydrogen-bond donors (Lipinski definition) is 1. The van der Waals surface area contributed by atoms with E-state index in [2.05, 4.69) is 0 Å². The van der Waals surface area contributed by atoms with Crippen LogP contribution in [-0.4, -0.2) is 22.8 Å². The summed E-state index contributed by atoms with van der Waals surface area (Å²) in [5, 5.41) is 9.30. The first-order valence-electron chi connectivity index (χ1n) is 9.45. The summed E-state index contributed by atoms with van der Waals surface area (Å²) in [7, 11) is 0. The Bertz CT molecular complexity index is 1020. The minimum Gasteiger partial charge on any atom is -0.478 e. The minimum atomic E-state index is -1.04. The largest absolute Gasteiger partial charge is 0.478 e. The molecular weight excluding hydrogens is 354 g/mol. The van der Waals surface area contributed by atoms with Gasteiger partial charge in [-0.2, -0.15) is 0 Å². The normalized spacial score (nSPS) is 19.6. The molecule has 1 N–H and O–H groups in total. The van der Waals surface area contributed by atoms with Crippen molar-refractivity contribution in [1.29, 1.82) is 0 Å². The standard InChI is InChI=1S/C23H21NO4/c1-14-5-2-6-15(11-14)18-13-21(26)24(19-9-4-10-20(25)22(18)19)17-8-3-7-16(12-17)23(27)28/h2-3,5-8,11-12,18H,4,9-10,13H2,1H3,(H,27,28). The van der Waals surface area contributed by atoms with Crippen molar-refractivity contribution >= 4 is 23.3 Å². The minimum absolute atomic E-state index is 0.0830. The van der Waals surface area contributed by atoms with E-state index in [0.29, 0.717) is 30.5 Å². The van der Waals surface area contributed by atoms with Crippen molar-refractivity contribution in [3.05, 3.63) is 76.5 Å². The first kappa shape index (κ1) is 18.2. The van der Waals surface area contributed by atoms with E-state index in [1.807, 2.05) is 31.2 Å². The molecule has 2 aromatic carbocycles. The van der Waals surface area contributed by atoms with Crippen LogP contribution in [0.15, 0.2) is 59.8 Å². The number of nitrogens with zero attached hydrogens (tertiary/aromatic N) is 1. The number of carbonyl (C=O) groups is 3. The van der Waals surface area contributed by atoms with E-state index in [0.717, 1.165) is 16.8 Å². The second-order valence-corrected chi connectivity index (χ2v) is 7.39. The molecule has 5 heteroatoms. The lowest BCUT2D eigenvalue weighted by molar-refractivity contribution is -0.119. The maximum absolute atomic E-state index is 13.1. The van der Waals surface area contributed by atoms with Crippen LogP contribution < -0.4 is 4.90 Å². The van der Waals surface area contributed by atoms with Crippen LogP contribution in [0.25, 0.3) is 0 Å². The summed E-state index contributed by atoms with van der Waals surface area (Å²) in [5.74, 6) is -1.31. The van der Waals surface area contributed by atoms with Gasteiger partial charge in [0.15, 0.2) is 5.78 Å². The highest BCUT2D eigenvalue weighted by Gasteiger charge is 2.39. The molecule has 0 fully saturated rings. The summed E-state index contributed by atoms with van der Waals surface area (Å²) < 4.78 is 0. The Morgan fingerprint density at radius 2 is 1.86 bits per heavy atom. The average Bonchev–Trinajstić information content (AvgIpc) is 2.67. The van der Waals surface area contributed by atoms with Gasteiger partial charge in [-0.15, -0.1) is 0 Å². The summed E-state index contributed by atoms with van der Waals surface area (Å²) in [5.41, 5.74) is 4.13. The zero-order chi connectivity index (χ0) is 19.8. The molecule has 1 aliphatic carbocycles. The maximum atomic E-state index is 13.1. The first-order valence-corrected chi connectivity index (χ1v) is 9.45. The quantitative estimate of drug-likeness (QED) is 0.872. The number of rotatable bonds is 3. The van der Waals surface area contributed by atoms with Gasteiger partial charge in [-0.25, -0.2) is 4.79 Å². The van der Waals surface area contributed by atoms with E-state index in [1.165, 1.54) is 12.1 Å². The lowest BCUT2D eigenvalue weighted by atomic mass is 9.77. The molecule has 0 saturated heterocycles. The summed E-state index contributed by atoms with van der Waals surface area (Å²) in [6.07, 6.45) is 2.01. The van der Waals surface area contributed by atoms with Gasteiger partial charge in [0.05, 0.1) is 5.56 Å². The van der Waals surface area contributed by atoms with Gasteiger partial charge >= 0.3 is 5.97 Å². The molecule has 0 aromatic heterocycles. The van der Waals surface area contributed by atoms with Crippen molar-refractivity contribution in [2.24, 2.45) is 0 Å². The molecule has 1 heterocycles. The van der Waals surface area contributed by atoms with Crippen molar-refractivity contribution < 1.29 is 19.5 Å². The number of carboxylic acids is 1. The van der Waals surface area contributed by atoms with Crippen LogP contribution in [0.3, 0.4) is 0 Å². The Balaban J connectivity index is 1.86. The number of allylic oxidation sites excluding steroid dienone is 2. The molecular formula is C23H21NO4. The average molecular weight is 375 g/mol.